The Bertz CT molecular complexity index is 1510. The lowest BCUT2D eigenvalue weighted by atomic mass is 10.1. The summed E-state index contributed by atoms with van der Waals surface area (Å²) in [4.78, 5) is 10.8. The molecule has 0 saturated heterocycles. The number of halogens is 1. The monoisotopic (exact) mass is 533 g/mol. The number of phenols is 1. The largest absolute Gasteiger partial charge is 0.505 e. The number of aromatic nitrogens is 3. The normalized spacial score (nSPS) is 11.1. The molecule has 3 aromatic carbocycles. The molecule has 0 bridgehead atoms. The van der Waals surface area contributed by atoms with Crippen LogP contribution in [-0.2, 0) is 10.1 Å². The molecular formula is C22H24ClN7O5S. The Morgan fingerprint density at radius 2 is 1.72 bits per heavy atom. The van der Waals surface area contributed by atoms with Gasteiger partial charge in [-0.15, -0.1) is 5.11 Å². The molecule has 0 saturated carbocycles. The molecule has 0 unspecified atom stereocenters. The van der Waals surface area contributed by atoms with Crippen LogP contribution in [0.15, 0.2) is 63.7 Å². The van der Waals surface area contributed by atoms with E-state index < -0.39 is 26.5 Å². The van der Waals surface area contributed by atoms with Gasteiger partial charge in [-0.1, -0.05) is 14.9 Å². The number of azo groups is 1. The van der Waals surface area contributed by atoms with Crippen molar-refractivity contribution < 1.29 is 22.8 Å². The van der Waals surface area contributed by atoms with Crippen LogP contribution < -0.4 is 15.8 Å². The summed E-state index contributed by atoms with van der Waals surface area (Å²) in [6.45, 7) is 0. The van der Waals surface area contributed by atoms with Crippen molar-refractivity contribution in [2.24, 2.45) is 10.2 Å². The minimum atomic E-state index is -4.77. The van der Waals surface area contributed by atoms with E-state index in [1.54, 1.807) is 30.3 Å². The van der Waals surface area contributed by atoms with E-state index in [1.807, 2.05) is 0 Å². The average molecular weight is 534 g/mol. The first-order valence-corrected chi connectivity index (χ1v) is 11.2. The van der Waals surface area contributed by atoms with Crippen LogP contribution in [0.2, 0.25) is 5.28 Å². The van der Waals surface area contributed by atoms with E-state index in [2.05, 4.69) is 30.5 Å². The number of methoxy groups -OCH3 is 1. The van der Waals surface area contributed by atoms with Gasteiger partial charge in [-0.3, -0.25) is 4.55 Å². The fourth-order valence-electron chi connectivity index (χ4n) is 3.03. The second-order valence-corrected chi connectivity index (χ2v) is 8.52. The quantitative estimate of drug-likeness (QED) is 0.178. The number of nitrogen functional groups attached to an aromatic ring is 1. The number of benzene rings is 3. The summed E-state index contributed by atoms with van der Waals surface area (Å²) in [5.41, 5.74) is 5.93. The van der Waals surface area contributed by atoms with Gasteiger partial charge in [-0.2, -0.15) is 28.5 Å². The highest BCUT2D eigenvalue weighted by Crippen LogP contribution is 2.42. The highest BCUT2D eigenvalue weighted by atomic mass is 35.5. The number of hydrogen-bond acceptors (Lipinski definition) is 11. The number of rotatable bonds is 6. The van der Waals surface area contributed by atoms with Crippen LogP contribution in [0, 0.1) is 0 Å². The molecule has 1 aromatic heterocycles. The van der Waals surface area contributed by atoms with Gasteiger partial charge >= 0.3 is 0 Å². The lowest BCUT2D eigenvalue weighted by molar-refractivity contribution is 0.415. The Hall–Kier alpha value is -4.07. The molecule has 4 rings (SSSR count). The lowest BCUT2D eigenvalue weighted by Gasteiger charge is -2.11. The van der Waals surface area contributed by atoms with Gasteiger partial charge in [0.1, 0.15) is 16.3 Å². The summed E-state index contributed by atoms with van der Waals surface area (Å²) in [6.07, 6.45) is 0. The van der Waals surface area contributed by atoms with E-state index in [1.165, 1.54) is 19.2 Å². The Morgan fingerprint density at radius 1 is 1.03 bits per heavy atom. The standard InChI is InChI=1S/C20H16ClN7O5S.2CH4/c1-33-13-5-2-11(3-6-13)27-28-16-15(34(30,31)32)9-10-8-12(4-7-14(10)17(16)29)23-20-25-18(21)24-19(22)26-20;;/h2-9,29H,1H3,(H,30,31,32)(H3,22,23,24,25,26);2*1H4. The first kappa shape index (κ1) is 28.2. The second-order valence-electron chi connectivity index (χ2n) is 6.79. The van der Waals surface area contributed by atoms with Crippen molar-refractivity contribution in [3.05, 3.63) is 53.8 Å². The van der Waals surface area contributed by atoms with Crippen LogP contribution in [0.5, 0.6) is 11.5 Å². The Balaban J connectivity index is 0.00000228. The van der Waals surface area contributed by atoms with Gasteiger partial charge < -0.3 is 20.9 Å². The van der Waals surface area contributed by atoms with Gasteiger partial charge in [0.25, 0.3) is 10.1 Å². The van der Waals surface area contributed by atoms with E-state index in [9.17, 15) is 18.1 Å². The highest BCUT2D eigenvalue weighted by molar-refractivity contribution is 7.86. The molecule has 190 valence electrons. The molecule has 12 nitrogen and oxygen atoms in total. The summed E-state index contributed by atoms with van der Waals surface area (Å²) in [5, 5.41) is 21.9. The summed E-state index contributed by atoms with van der Waals surface area (Å²) in [7, 11) is -3.26. The van der Waals surface area contributed by atoms with Gasteiger partial charge in [0.15, 0.2) is 5.75 Å². The van der Waals surface area contributed by atoms with Crippen LogP contribution in [0.3, 0.4) is 0 Å². The molecule has 36 heavy (non-hydrogen) atoms. The van der Waals surface area contributed by atoms with E-state index in [-0.39, 0.29) is 42.8 Å². The number of nitrogens with one attached hydrogen (secondary N) is 1. The highest BCUT2D eigenvalue weighted by Gasteiger charge is 2.22. The van der Waals surface area contributed by atoms with Crippen LogP contribution in [0.4, 0.5) is 29.0 Å². The van der Waals surface area contributed by atoms with Crippen molar-refractivity contribution in [2.45, 2.75) is 19.7 Å². The molecule has 0 atom stereocenters. The molecule has 0 spiro atoms. The van der Waals surface area contributed by atoms with Crippen LogP contribution in [-0.4, -0.2) is 40.1 Å². The van der Waals surface area contributed by atoms with Gasteiger partial charge in [0, 0.05) is 11.1 Å². The fraction of sp³-hybridized carbons (Fsp3) is 0.136. The molecule has 5 N–H and O–H groups in total. The summed E-state index contributed by atoms with van der Waals surface area (Å²) < 4.78 is 38.9. The zero-order valence-corrected chi connectivity index (χ0v) is 18.9. The third kappa shape index (κ3) is 6.13. The third-order valence-corrected chi connectivity index (χ3v) is 5.58. The number of phenolic OH excluding ortho intramolecular Hbond substituents is 1. The number of anilines is 3. The van der Waals surface area contributed by atoms with Crippen molar-refractivity contribution in [1.29, 1.82) is 0 Å². The number of hydrogen-bond donors (Lipinski definition) is 4. The average Bonchev–Trinajstić information content (AvgIpc) is 2.77. The lowest BCUT2D eigenvalue weighted by Crippen LogP contribution is -2.03. The maximum atomic E-state index is 12.1. The molecule has 0 aliphatic heterocycles. The number of ether oxygens (including phenoxy) is 1. The minimum Gasteiger partial charge on any atom is -0.505 e. The zero-order chi connectivity index (χ0) is 24.5. The number of nitrogens with two attached hydrogens (primary N) is 1. The van der Waals surface area contributed by atoms with Gasteiger partial charge in [0.05, 0.1) is 12.8 Å². The van der Waals surface area contributed by atoms with Crippen molar-refractivity contribution >= 4 is 61.5 Å². The summed E-state index contributed by atoms with van der Waals surface area (Å²) >= 11 is 5.77. The van der Waals surface area contributed by atoms with E-state index in [0.717, 1.165) is 6.07 Å². The first-order chi connectivity index (χ1) is 16.1. The van der Waals surface area contributed by atoms with E-state index in [0.29, 0.717) is 17.1 Å². The molecule has 14 heteroatoms. The van der Waals surface area contributed by atoms with Gasteiger partial charge in [0.2, 0.25) is 17.2 Å². The minimum absolute atomic E-state index is 0. The molecule has 0 amide bonds. The predicted molar refractivity (Wildman–Crippen MR) is 139 cm³/mol. The molecule has 4 aromatic rings. The number of fused-ring (bicyclic) bond motifs is 1. The maximum absolute atomic E-state index is 12.1. The third-order valence-electron chi connectivity index (χ3n) is 4.55. The second kappa shape index (κ2) is 11.1. The molecule has 0 aliphatic carbocycles. The van der Waals surface area contributed by atoms with Crippen LogP contribution in [0.25, 0.3) is 10.8 Å². The Morgan fingerprint density at radius 3 is 2.33 bits per heavy atom. The van der Waals surface area contributed by atoms with Gasteiger partial charge in [-0.05, 0) is 65.5 Å². The first-order valence-electron chi connectivity index (χ1n) is 9.41. The SMILES string of the molecule is C.C.COc1ccc(N=Nc2c(S(=O)(=O)O)cc3cc(Nc4nc(N)nc(Cl)n4)ccc3c2O)cc1. The van der Waals surface area contributed by atoms with E-state index >= 15 is 0 Å². The molecule has 0 fully saturated rings. The Labute approximate surface area is 212 Å². The number of aromatic hydroxyl groups is 1. The molecule has 0 radical (unpaired) electrons. The fourth-order valence-corrected chi connectivity index (χ4v) is 3.85. The number of nitrogens with zero attached hydrogens (tertiary/aromatic N) is 5. The zero-order valence-electron chi connectivity index (χ0n) is 17.3. The van der Waals surface area contributed by atoms with Crippen molar-refractivity contribution in [3.8, 4) is 11.5 Å². The molecule has 1 heterocycles. The topological polar surface area (TPSA) is 185 Å². The smallest absolute Gasteiger partial charge is 0.296 e. The predicted octanol–water partition coefficient (Wildman–Crippen LogP) is 5.65. The summed E-state index contributed by atoms with van der Waals surface area (Å²) in [5.74, 6) is 0.0708. The molecule has 0 aliphatic rings. The van der Waals surface area contributed by atoms with Crippen molar-refractivity contribution in [3.63, 3.8) is 0 Å². The van der Waals surface area contributed by atoms with E-state index in [4.69, 9.17) is 22.1 Å². The van der Waals surface area contributed by atoms with Crippen LogP contribution >= 0.6 is 11.6 Å². The van der Waals surface area contributed by atoms with Crippen molar-refractivity contribution in [2.75, 3.05) is 18.2 Å². The molecular weight excluding hydrogens is 510 g/mol. The maximum Gasteiger partial charge on any atom is 0.296 e. The van der Waals surface area contributed by atoms with Crippen molar-refractivity contribution in [1.82, 2.24) is 15.0 Å². The van der Waals surface area contributed by atoms with Gasteiger partial charge in [-0.25, -0.2) is 0 Å². The van der Waals surface area contributed by atoms with Crippen LogP contribution in [0.1, 0.15) is 14.9 Å². The Kier molecular flexibility index (Phi) is 8.70. The summed E-state index contributed by atoms with van der Waals surface area (Å²) in [6, 6.07) is 12.2.